The van der Waals surface area contributed by atoms with Crippen LogP contribution >= 0.6 is 0 Å². The number of ether oxygens (including phenoxy) is 2. The Kier molecular flexibility index (Phi) is 6.52. The smallest absolute Gasteiger partial charge is 0.331 e. The van der Waals surface area contributed by atoms with Crippen molar-refractivity contribution < 1.29 is 19.1 Å². The molecule has 1 amide bonds. The number of nitrogens with zero attached hydrogens (tertiary/aromatic N) is 1. The number of esters is 1. The summed E-state index contributed by atoms with van der Waals surface area (Å²) in [6.45, 7) is 1.47. The second-order valence-electron chi connectivity index (χ2n) is 5.34. The minimum absolute atomic E-state index is 0.423. The number of benzene rings is 2. The van der Waals surface area contributed by atoms with Gasteiger partial charge in [0.25, 0.3) is 5.91 Å². The number of anilines is 1. The van der Waals surface area contributed by atoms with E-state index in [1.165, 1.54) is 19.1 Å². The van der Waals surface area contributed by atoms with Gasteiger partial charge in [-0.15, -0.1) is 0 Å². The Balaban J connectivity index is 1.94. The van der Waals surface area contributed by atoms with Crippen LogP contribution in [0, 0.1) is 11.3 Å². The molecule has 0 aliphatic heterocycles. The Bertz CT molecular complexity index is 868. The van der Waals surface area contributed by atoms with Crippen molar-refractivity contribution >= 4 is 23.6 Å². The van der Waals surface area contributed by atoms with E-state index >= 15 is 0 Å². The molecule has 0 saturated carbocycles. The van der Waals surface area contributed by atoms with Crippen molar-refractivity contribution in [2.24, 2.45) is 0 Å². The number of carbonyl (C=O) groups is 2. The van der Waals surface area contributed by atoms with Gasteiger partial charge >= 0.3 is 5.97 Å². The quantitative estimate of drug-likeness (QED) is 0.639. The average molecular weight is 350 g/mol. The highest BCUT2D eigenvalue weighted by Crippen LogP contribution is 2.18. The Hall–Kier alpha value is -3.59. The molecule has 26 heavy (non-hydrogen) atoms. The molecule has 1 atom stereocenters. The van der Waals surface area contributed by atoms with Crippen LogP contribution < -0.4 is 10.1 Å². The van der Waals surface area contributed by atoms with Gasteiger partial charge in [-0.25, -0.2) is 4.79 Å². The number of nitrogens with one attached hydrogen (secondary N) is 1. The fourth-order valence-corrected chi connectivity index (χ4v) is 2.14. The van der Waals surface area contributed by atoms with Crippen LogP contribution in [0.4, 0.5) is 5.69 Å². The van der Waals surface area contributed by atoms with Crippen molar-refractivity contribution in [2.45, 2.75) is 13.0 Å². The van der Waals surface area contributed by atoms with Crippen LogP contribution in [0.25, 0.3) is 6.08 Å². The third-order valence-electron chi connectivity index (χ3n) is 3.46. The molecule has 0 aliphatic rings. The van der Waals surface area contributed by atoms with Crippen LogP contribution in [0.5, 0.6) is 5.75 Å². The van der Waals surface area contributed by atoms with Gasteiger partial charge in [0.15, 0.2) is 6.10 Å². The summed E-state index contributed by atoms with van der Waals surface area (Å²) >= 11 is 0. The van der Waals surface area contributed by atoms with Crippen molar-refractivity contribution in [2.75, 3.05) is 12.4 Å². The molecule has 2 rings (SSSR count). The summed E-state index contributed by atoms with van der Waals surface area (Å²) in [5, 5.41) is 11.5. The minimum atomic E-state index is -0.990. The summed E-state index contributed by atoms with van der Waals surface area (Å²) in [5.41, 5.74) is 1.60. The lowest BCUT2D eigenvalue weighted by Crippen LogP contribution is -2.29. The van der Waals surface area contributed by atoms with Gasteiger partial charge in [-0.3, -0.25) is 4.79 Å². The molecule has 0 spiro atoms. The number of para-hydroxylation sites is 1. The summed E-state index contributed by atoms with van der Waals surface area (Å²) in [7, 11) is 1.54. The third kappa shape index (κ3) is 5.21. The average Bonchev–Trinajstić information content (AvgIpc) is 2.66. The van der Waals surface area contributed by atoms with E-state index < -0.39 is 18.0 Å². The molecule has 1 N–H and O–H groups in total. The predicted molar refractivity (Wildman–Crippen MR) is 97.4 cm³/mol. The largest absolute Gasteiger partial charge is 0.496 e. The van der Waals surface area contributed by atoms with E-state index in [1.807, 2.05) is 18.2 Å². The fourth-order valence-electron chi connectivity index (χ4n) is 2.14. The predicted octanol–water partition coefficient (Wildman–Crippen LogP) is 3.15. The van der Waals surface area contributed by atoms with Crippen LogP contribution in [0.3, 0.4) is 0 Å². The fraction of sp³-hybridized carbons (Fsp3) is 0.150. The van der Waals surface area contributed by atoms with E-state index in [-0.39, 0.29) is 0 Å². The van der Waals surface area contributed by atoms with E-state index in [0.717, 1.165) is 5.56 Å². The molecule has 0 radical (unpaired) electrons. The lowest BCUT2D eigenvalue weighted by Gasteiger charge is -2.12. The summed E-state index contributed by atoms with van der Waals surface area (Å²) < 4.78 is 10.3. The monoisotopic (exact) mass is 350 g/mol. The number of hydrogen-bond donors (Lipinski definition) is 1. The van der Waals surface area contributed by atoms with E-state index in [4.69, 9.17) is 14.7 Å². The Morgan fingerprint density at radius 3 is 2.69 bits per heavy atom. The van der Waals surface area contributed by atoms with Gasteiger partial charge in [0.05, 0.1) is 18.7 Å². The molecule has 0 unspecified atom stereocenters. The molecule has 0 aliphatic carbocycles. The molecule has 0 fully saturated rings. The number of rotatable bonds is 6. The van der Waals surface area contributed by atoms with Crippen LogP contribution in [0.15, 0.2) is 54.6 Å². The van der Waals surface area contributed by atoms with Gasteiger partial charge in [0.1, 0.15) is 5.75 Å². The zero-order chi connectivity index (χ0) is 18.9. The van der Waals surface area contributed by atoms with Gasteiger partial charge in [0, 0.05) is 17.3 Å². The minimum Gasteiger partial charge on any atom is -0.496 e. The van der Waals surface area contributed by atoms with E-state index in [1.54, 1.807) is 43.5 Å². The highest BCUT2D eigenvalue weighted by molar-refractivity contribution is 5.96. The molecule has 6 heteroatoms. The highest BCUT2D eigenvalue weighted by Gasteiger charge is 2.16. The van der Waals surface area contributed by atoms with E-state index in [0.29, 0.717) is 17.0 Å². The first-order valence-electron chi connectivity index (χ1n) is 7.86. The van der Waals surface area contributed by atoms with Crippen LogP contribution in [-0.4, -0.2) is 25.1 Å². The SMILES string of the molecule is COc1ccccc1/C=C/C(=O)O[C@H](C)C(=O)Nc1cccc(C#N)c1. The van der Waals surface area contributed by atoms with E-state index in [2.05, 4.69) is 5.32 Å². The first kappa shape index (κ1) is 18.7. The maximum atomic E-state index is 12.1. The van der Waals surface area contributed by atoms with Crippen molar-refractivity contribution in [3.05, 3.63) is 65.7 Å². The molecular formula is C20H18N2O4. The Morgan fingerprint density at radius 2 is 1.96 bits per heavy atom. The van der Waals surface area contributed by atoms with Crippen LogP contribution in [-0.2, 0) is 14.3 Å². The topological polar surface area (TPSA) is 88.4 Å². The zero-order valence-electron chi connectivity index (χ0n) is 14.4. The second-order valence-corrected chi connectivity index (χ2v) is 5.34. The van der Waals surface area contributed by atoms with Crippen LogP contribution in [0.2, 0.25) is 0 Å². The second kappa shape index (κ2) is 9.04. The standard InChI is InChI=1S/C20H18N2O4/c1-14(20(24)22-17-8-5-6-15(12-17)13-21)26-19(23)11-10-16-7-3-4-9-18(16)25-2/h3-12,14H,1-2H3,(H,22,24)/b11-10+/t14-/m1/s1. The van der Waals surface area contributed by atoms with Crippen molar-refractivity contribution in [1.29, 1.82) is 5.26 Å². The van der Waals surface area contributed by atoms with Gasteiger partial charge in [-0.05, 0) is 37.3 Å². The highest BCUT2D eigenvalue weighted by atomic mass is 16.5. The normalized spacial score (nSPS) is 11.4. The molecule has 0 heterocycles. The van der Waals surface area contributed by atoms with E-state index in [9.17, 15) is 9.59 Å². The number of nitriles is 1. The maximum Gasteiger partial charge on any atom is 0.331 e. The Morgan fingerprint density at radius 1 is 1.19 bits per heavy atom. The first-order valence-corrected chi connectivity index (χ1v) is 7.86. The maximum absolute atomic E-state index is 12.1. The molecule has 132 valence electrons. The number of amides is 1. The summed E-state index contributed by atoms with van der Waals surface area (Å²) in [5.74, 6) is -0.511. The Labute approximate surface area is 151 Å². The van der Waals surface area contributed by atoms with Gasteiger partial charge < -0.3 is 14.8 Å². The molecule has 6 nitrogen and oxygen atoms in total. The summed E-state index contributed by atoms with van der Waals surface area (Å²) in [4.78, 5) is 24.0. The first-order chi connectivity index (χ1) is 12.5. The molecule has 2 aromatic rings. The third-order valence-corrected chi connectivity index (χ3v) is 3.46. The zero-order valence-corrected chi connectivity index (χ0v) is 14.4. The molecule has 2 aromatic carbocycles. The number of methoxy groups -OCH3 is 1. The van der Waals surface area contributed by atoms with Crippen molar-refractivity contribution in [1.82, 2.24) is 0 Å². The lowest BCUT2D eigenvalue weighted by molar-refractivity contribution is -0.148. The van der Waals surface area contributed by atoms with Gasteiger partial charge in [0.2, 0.25) is 0 Å². The van der Waals surface area contributed by atoms with Crippen LogP contribution in [0.1, 0.15) is 18.1 Å². The van der Waals surface area contributed by atoms with Gasteiger partial charge in [-0.2, -0.15) is 5.26 Å². The van der Waals surface area contributed by atoms with Gasteiger partial charge in [-0.1, -0.05) is 24.3 Å². The molecular weight excluding hydrogens is 332 g/mol. The van der Waals surface area contributed by atoms with Crippen molar-refractivity contribution in [3.8, 4) is 11.8 Å². The number of carbonyl (C=O) groups excluding carboxylic acids is 2. The molecule has 0 bridgehead atoms. The summed E-state index contributed by atoms with van der Waals surface area (Å²) in [6.07, 6.45) is 1.80. The lowest BCUT2D eigenvalue weighted by atomic mass is 10.2. The molecule has 0 saturated heterocycles. The molecule has 0 aromatic heterocycles. The summed E-state index contributed by atoms with van der Waals surface area (Å²) in [6, 6.07) is 15.7. The van der Waals surface area contributed by atoms with Crippen molar-refractivity contribution in [3.63, 3.8) is 0 Å². The number of hydrogen-bond acceptors (Lipinski definition) is 5.